The molecule has 0 amide bonds. The molecule has 2 rings (SSSR count). The zero-order valence-electron chi connectivity index (χ0n) is 10.2. The minimum Gasteiger partial charge on any atom is -0.365 e. The van der Waals surface area contributed by atoms with Crippen LogP contribution >= 0.6 is 0 Å². The molecule has 1 heterocycles. The van der Waals surface area contributed by atoms with Crippen LogP contribution in [0.4, 0.5) is 5.69 Å². The molecule has 1 aromatic rings. The number of carbonyl (C=O) groups is 1. The summed E-state index contributed by atoms with van der Waals surface area (Å²) >= 11 is 0. The first-order chi connectivity index (χ1) is 8.08. The Balaban J connectivity index is 2.46. The van der Waals surface area contributed by atoms with Crippen LogP contribution in [0.1, 0.15) is 42.6 Å². The Kier molecular flexibility index (Phi) is 2.89. The largest absolute Gasteiger partial charge is 0.365 e. The summed E-state index contributed by atoms with van der Waals surface area (Å²) in [5, 5.41) is 9.18. The highest BCUT2D eigenvalue weighted by Gasteiger charge is 2.33. The van der Waals surface area contributed by atoms with Crippen LogP contribution in [0.25, 0.3) is 0 Å². The summed E-state index contributed by atoms with van der Waals surface area (Å²) < 4.78 is 0. The number of benzene rings is 1. The molecule has 0 saturated carbocycles. The van der Waals surface area contributed by atoms with Crippen LogP contribution in [0.2, 0.25) is 0 Å². The fourth-order valence-corrected chi connectivity index (χ4v) is 2.51. The number of carbonyl (C=O) groups excluding carboxylic acids is 1. The van der Waals surface area contributed by atoms with E-state index in [4.69, 9.17) is 0 Å². The van der Waals surface area contributed by atoms with Gasteiger partial charge in [-0.1, -0.05) is 0 Å². The molecule has 1 aliphatic rings. The number of hydrogen-bond acceptors (Lipinski definition) is 3. The van der Waals surface area contributed by atoms with Crippen LogP contribution in [0, 0.1) is 11.3 Å². The Labute approximate surface area is 102 Å². The average molecular weight is 228 g/mol. The normalized spacial score (nSPS) is 17.8. The van der Waals surface area contributed by atoms with Crippen molar-refractivity contribution in [2.24, 2.45) is 0 Å². The fraction of sp³-hybridized carbons (Fsp3) is 0.429. The Hall–Kier alpha value is -1.82. The zero-order chi connectivity index (χ0) is 12.5. The van der Waals surface area contributed by atoms with E-state index in [1.807, 2.05) is 6.07 Å². The lowest BCUT2D eigenvalue weighted by Gasteiger charge is -2.34. The zero-order valence-corrected chi connectivity index (χ0v) is 10.2. The van der Waals surface area contributed by atoms with Crippen molar-refractivity contribution in [3.8, 4) is 6.07 Å². The molecule has 0 bridgehead atoms. The number of anilines is 1. The lowest BCUT2D eigenvalue weighted by atomic mass is 10.00. The van der Waals surface area contributed by atoms with Gasteiger partial charge in [0.25, 0.3) is 0 Å². The van der Waals surface area contributed by atoms with Crippen LogP contribution in [-0.4, -0.2) is 18.4 Å². The van der Waals surface area contributed by atoms with E-state index in [-0.39, 0.29) is 5.54 Å². The Morgan fingerprint density at radius 3 is 2.76 bits per heavy atom. The molecule has 0 aromatic heterocycles. The summed E-state index contributed by atoms with van der Waals surface area (Å²) in [4.78, 5) is 13.0. The van der Waals surface area contributed by atoms with Crippen molar-refractivity contribution in [3.63, 3.8) is 0 Å². The number of hydrogen-bond donors (Lipinski definition) is 0. The van der Waals surface area contributed by atoms with E-state index in [9.17, 15) is 10.1 Å². The van der Waals surface area contributed by atoms with Gasteiger partial charge in [0.15, 0.2) is 0 Å². The third-order valence-corrected chi connectivity index (χ3v) is 3.47. The van der Waals surface area contributed by atoms with Gasteiger partial charge < -0.3 is 4.90 Å². The van der Waals surface area contributed by atoms with Crippen LogP contribution in [0.3, 0.4) is 0 Å². The van der Waals surface area contributed by atoms with Crippen molar-refractivity contribution in [1.29, 1.82) is 5.26 Å². The first-order valence-electron chi connectivity index (χ1n) is 5.85. The highest BCUT2D eigenvalue weighted by molar-refractivity contribution is 5.78. The number of aldehydes is 1. The predicted molar refractivity (Wildman–Crippen MR) is 67.2 cm³/mol. The average Bonchev–Trinajstić information content (AvgIpc) is 2.68. The maximum Gasteiger partial charge on any atom is 0.150 e. The summed E-state index contributed by atoms with van der Waals surface area (Å²) in [6.07, 6.45) is 3.06. The summed E-state index contributed by atoms with van der Waals surface area (Å²) in [7, 11) is 0. The molecule has 0 N–H and O–H groups in total. The van der Waals surface area contributed by atoms with Crippen LogP contribution in [0.5, 0.6) is 0 Å². The molecular formula is C14H16N2O. The summed E-state index contributed by atoms with van der Waals surface area (Å²) in [5.74, 6) is 0. The van der Waals surface area contributed by atoms with Gasteiger partial charge in [-0.25, -0.2) is 0 Å². The first-order valence-corrected chi connectivity index (χ1v) is 5.85. The van der Waals surface area contributed by atoms with E-state index in [2.05, 4.69) is 24.8 Å². The number of rotatable bonds is 2. The van der Waals surface area contributed by atoms with E-state index in [1.54, 1.807) is 12.1 Å². The molecule has 17 heavy (non-hydrogen) atoms. The van der Waals surface area contributed by atoms with Gasteiger partial charge in [-0.05, 0) is 44.9 Å². The molecule has 3 nitrogen and oxygen atoms in total. The maximum atomic E-state index is 10.7. The first kappa shape index (κ1) is 11.7. The molecule has 3 heteroatoms. The van der Waals surface area contributed by atoms with Gasteiger partial charge in [-0.3, -0.25) is 4.79 Å². The lowest BCUT2D eigenvalue weighted by molar-refractivity contribution is 0.112. The molecule has 1 saturated heterocycles. The van der Waals surface area contributed by atoms with Crippen molar-refractivity contribution in [3.05, 3.63) is 29.3 Å². The molecule has 0 unspecified atom stereocenters. The molecule has 0 atom stereocenters. The maximum absolute atomic E-state index is 10.7. The van der Waals surface area contributed by atoms with Gasteiger partial charge in [-0.15, -0.1) is 0 Å². The third kappa shape index (κ3) is 2.03. The smallest absolute Gasteiger partial charge is 0.150 e. The Morgan fingerprint density at radius 1 is 1.47 bits per heavy atom. The van der Waals surface area contributed by atoms with Gasteiger partial charge in [0.05, 0.1) is 11.3 Å². The van der Waals surface area contributed by atoms with E-state index in [0.717, 1.165) is 31.4 Å². The molecule has 0 spiro atoms. The molecular weight excluding hydrogens is 212 g/mol. The monoisotopic (exact) mass is 228 g/mol. The van der Waals surface area contributed by atoms with Gasteiger partial charge in [0.1, 0.15) is 12.4 Å². The topological polar surface area (TPSA) is 44.1 Å². The van der Waals surface area contributed by atoms with Crippen molar-refractivity contribution in [2.45, 2.75) is 32.2 Å². The summed E-state index contributed by atoms with van der Waals surface area (Å²) in [6.45, 7) is 5.35. The molecule has 0 radical (unpaired) electrons. The minimum atomic E-state index is 0.0916. The van der Waals surface area contributed by atoms with E-state index >= 15 is 0 Å². The second-order valence-electron chi connectivity index (χ2n) is 5.07. The van der Waals surface area contributed by atoms with Gasteiger partial charge >= 0.3 is 0 Å². The third-order valence-electron chi connectivity index (χ3n) is 3.47. The number of nitrogens with zero attached hydrogens (tertiary/aromatic N) is 2. The number of nitriles is 1. The van der Waals surface area contributed by atoms with Crippen LogP contribution in [-0.2, 0) is 0 Å². The van der Waals surface area contributed by atoms with Crippen molar-refractivity contribution >= 4 is 12.0 Å². The lowest BCUT2D eigenvalue weighted by Crippen LogP contribution is -2.38. The standard InChI is InChI=1S/C14H16N2O/c1-14(2)6-3-7-16(14)13-5-4-11(10-17)8-12(13)9-15/h4-5,8,10H,3,6-7H2,1-2H3. The highest BCUT2D eigenvalue weighted by Crippen LogP contribution is 2.35. The Bertz CT molecular complexity index is 485. The van der Waals surface area contributed by atoms with Crippen LogP contribution in [0.15, 0.2) is 18.2 Å². The van der Waals surface area contributed by atoms with Crippen molar-refractivity contribution in [1.82, 2.24) is 0 Å². The molecule has 0 aliphatic carbocycles. The SMILES string of the molecule is CC1(C)CCCN1c1ccc(C=O)cc1C#N. The quantitative estimate of drug-likeness (QED) is 0.731. The molecule has 1 aromatic carbocycles. The van der Waals surface area contributed by atoms with E-state index in [1.165, 1.54) is 0 Å². The highest BCUT2D eigenvalue weighted by atomic mass is 16.1. The molecule has 1 aliphatic heterocycles. The minimum absolute atomic E-state index is 0.0916. The molecule has 1 fully saturated rings. The second-order valence-corrected chi connectivity index (χ2v) is 5.07. The second kappa shape index (κ2) is 4.21. The van der Waals surface area contributed by atoms with Gasteiger partial charge in [-0.2, -0.15) is 5.26 Å². The van der Waals surface area contributed by atoms with E-state index < -0.39 is 0 Å². The predicted octanol–water partition coefficient (Wildman–Crippen LogP) is 2.75. The van der Waals surface area contributed by atoms with Crippen molar-refractivity contribution < 1.29 is 4.79 Å². The molecule has 88 valence electrons. The summed E-state index contributed by atoms with van der Waals surface area (Å²) in [6, 6.07) is 7.51. The van der Waals surface area contributed by atoms with Gasteiger partial charge in [0.2, 0.25) is 0 Å². The van der Waals surface area contributed by atoms with E-state index in [0.29, 0.717) is 11.1 Å². The Morgan fingerprint density at radius 2 is 2.24 bits per heavy atom. The van der Waals surface area contributed by atoms with Crippen LogP contribution < -0.4 is 4.90 Å². The fourth-order valence-electron chi connectivity index (χ4n) is 2.51. The van der Waals surface area contributed by atoms with Crippen molar-refractivity contribution in [2.75, 3.05) is 11.4 Å². The van der Waals surface area contributed by atoms with Gasteiger partial charge in [0, 0.05) is 17.6 Å². The summed E-state index contributed by atoms with van der Waals surface area (Å²) in [5.41, 5.74) is 2.18.